The topological polar surface area (TPSA) is 107 Å². The molecule has 3 rings (SSSR count). The molecule has 0 aliphatic carbocycles. The summed E-state index contributed by atoms with van der Waals surface area (Å²) >= 11 is 0. The molecule has 2 aromatic rings. The third kappa shape index (κ3) is 3.27. The van der Waals surface area contributed by atoms with Gasteiger partial charge < -0.3 is 20.3 Å². The molecule has 1 saturated heterocycles. The monoisotopic (exact) mass is 332 g/mol. The predicted molar refractivity (Wildman–Crippen MR) is 87.9 cm³/mol. The zero-order valence-corrected chi connectivity index (χ0v) is 13.2. The van der Waals surface area contributed by atoms with E-state index in [1.807, 2.05) is 24.3 Å². The molecule has 1 aliphatic rings. The maximum Gasteiger partial charge on any atom is 0.326 e. The van der Waals surface area contributed by atoms with Crippen molar-refractivity contribution in [1.82, 2.24) is 19.8 Å². The molecular formula is C16H20N4O4. The van der Waals surface area contributed by atoms with E-state index in [0.717, 1.165) is 11.0 Å². The van der Waals surface area contributed by atoms with E-state index in [0.29, 0.717) is 32.5 Å². The molecule has 1 aromatic heterocycles. The first-order chi connectivity index (χ1) is 11.6. The molecule has 0 saturated carbocycles. The lowest BCUT2D eigenvalue weighted by Gasteiger charge is -2.30. The zero-order chi connectivity index (χ0) is 17.1. The number of carbonyl (C=O) groups excluding carboxylic acids is 1. The minimum absolute atomic E-state index is 0.214. The van der Waals surface area contributed by atoms with Gasteiger partial charge in [-0.1, -0.05) is 12.1 Å². The molecule has 1 unspecified atom stereocenters. The Morgan fingerprint density at radius 3 is 2.92 bits per heavy atom. The third-order valence-corrected chi connectivity index (χ3v) is 4.35. The maximum absolute atomic E-state index is 12.2. The highest BCUT2D eigenvalue weighted by atomic mass is 16.4. The summed E-state index contributed by atoms with van der Waals surface area (Å²) in [5.74, 6) is -1.36. The molecule has 2 amide bonds. The number of aromatic amines is 1. The van der Waals surface area contributed by atoms with Crippen molar-refractivity contribution >= 4 is 23.0 Å². The molecule has 3 N–H and O–H groups in total. The number of aromatic nitrogens is 2. The van der Waals surface area contributed by atoms with Gasteiger partial charge in [-0.3, -0.25) is 9.36 Å². The van der Waals surface area contributed by atoms with Crippen LogP contribution in [0.5, 0.6) is 0 Å². The number of piperidine rings is 1. The van der Waals surface area contributed by atoms with Gasteiger partial charge in [-0.05, 0) is 25.0 Å². The van der Waals surface area contributed by atoms with Crippen LogP contribution in [-0.4, -0.2) is 51.2 Å². The third-order valence-electron chi connectivity index (χ3n) is 4.35. The van der Waals surface area contributed by atoms with Gasteiger partial charge in [0.1, 0.15) is 0 Å². The second-order valence-corrected chi connectivity index (χ2v) is 5.95. The summed E-state index contributed by atoms with van der Waals surface area (Å²) in [5, 5.41) is 11.8. The molecular weight excluding hydrogens is 312 g/mol. The Balaban J connectivity index is 1.58. The Labute approximate surface area is 138 Å². The van der Waals surface area contributed by atoms with Crippen LogP contribution in [0.4, 0.5) is 4.79 Å². The van der Waals surface area contributed by atoms with Crippen LogP contribution in [-0.2, 0) is 11.3 Å². The number of carboxylic acids is 1. The van der Waals surface area contributed by atoms with Gasteiger partial charge in [0, 0.05) is 26.2 Å². The molecule has 1 atom stereocenters. The van der Waals surface area contributed by atoms with E-state index in [2.05, 4.69) is 10.3 Å². The molecule has 1 aromatic carbocycles. The van der Waals surface area contributed by atoms with E-state index >= 15 is 0 Å². The van der Waals surface area contributed by atoms with Gasteiger partial charge in [0.25, 0.3) is 0 Å². The lowest BCUT2D eigenvalue weighted by Crippen LogP contribution is -2.47. The van der Waals surface area contributed by atoms with Gasteiger partial charge in [0.2, 0.25) is 0 Å². The van der Waals surface area contributed by atoms with Crippen LogP contribution < -0.4 is 11.0 Å². The van der Waals surface area contributed by atoms with E-state index in [1.54, 1.807) is 4.57 Å². The highest BCUT2D eigenvalue weighted by Crippen LogP contribution is 2.16. The van der Waals surface area contributed by atoms with Crippen LogP contribution >= 0.6 is 0 Å². The van der Waals surface area contributed by atoms with E-state index in [4.69, 9.17) is 5.11 Å². The quantitative estimate of drug-likeness (QED) is 0.771. The van der Waals surface area contributed by atoms with Gasteiger partial charge >= 0.3 is 17.7 Å². The maximum atomic E-state index is 12.2. The number of likely N-dealkylation sites (tertiary alicyclic amines) is 1. The Morgan fingerprint density at radius 2 is 2.12 bits per heavy atom. The molecule has 128 valence electrons. The van der Waals surface area contributed by atoms with Gasteiger partial charge in [-0.15, -0.1) is 0 Å². The van der Waals surface area contributed by atoms with Crippen molar-refractivity contribution < 1.29 is 14.7 Å². The summed E-state index contributed by atoms with van der Waals surface area (Å²) < 4.78 is 1.58. The second kappa shape index (κ2) is 6.77. The van der Waals surface area contributed by atoms with Gasteiger partial charge in [0.05, 0.1) is 17.0 Å². The Kier molecular flexibility index (Phi) is 4.54. The zero-order valence-electron chi connectivity index (χ0n) is 13.2. The fourth-order valence-corrected chi connectivity index (χ4v) is 3.08. The summed E-state index contributed by atoms with van der Waals surface area (Å²) in [4.78, 5) is 39.5. The lowest BCUT2D eigenvalue weighted by atomic mass is 9.99. The summed E-state index contributed by atoms with van der Waals surface area (Å²) in [6, 6.07) is 7.08. The summed E-state index contributed by atoms with van der Waals surface area (Å²) in [6.45, 7) is 1.44. The standard InChI is InChI=1S/C16H20N4O4/c21-14(22)11-4-3-8-19(10-11)15(23)17-7-9-20-13-6-2-1-5-12(13)18-16(20)24/h1-2,5-6,11H,3-4,7-10H2,(H,17,23)(H,18,24)(H,21,22). The number of nitrogens with zero attached hydrogens (tertiary/aromatic N) is 2. The first kappa shape index (κ1) is 16.1. The van der Waals surface area contributed by atoms with Gasteiger partial charge in [0.15, 0.2) is 0 Å². The number of hydrogen-bond donors (Lipinski definition) is 3. The normalized spacial score (nSPS) is 17.8. The van der Waals surface area contributed by atoms with Crippen molar-refractivity contribution in [3.8, 4) is 0 Å². The number of rotatable bonds is 4. The number of para-hydroxylation sites is 2. The Hall–Kier alpha value is -2.77. The van der Waals surface area contributed by atoms with Gasteiger partial charge in [-0.2, -0.15) is 0 Å². The largest absolute Gasteiger partial charge is 0.481 e. The minimum Gasteiger partial charge on any atom is -0.481 e. The van der Waals surface area contributed by atoms with Crippen LogP contribution in [0, 0.1) is 5.92 Å². The van der Waals surface area contributed by atoms with E-state index in [-0.39, 0.29) is 18.3 Å². The van der Waals surface area contributed by atoms with Crippen molar-refractivity contribution in [2.24, 2.45) is 5.92 Å². The van der Waals surface area contributed by atoms with Crippen LogP contribution in [0.25, 0.3) is 11.0 Å². The fourth-order valence-electron chi connectivity index (χ4n) is 3.08. The number of H-pyrrole nitrogens is 1. The summed E-state index contributed by atoms with van der Waals surface area (Å²) in [6.07, 6.45) is 1.29. The molecule has 1 fully saturated rings. The number of hydrogen-bond acceptors (Lipinski definition) is 3. The minimum atomic E-state index is -0.863. The van der Waals surface area contributed by atoms with E-state index < -0.39 is 11.9 Å². The van der Waals surface area contributed by atoms with Crippen LogP contribution in [0.2, 0.25) is 0 Å². The lowest BCUT2D eigenvalue weighted by molar-refractivity contribution is -0.143. The Morgan fingerprint density at radius 1 is 1.33 bits per heavy atom. The molecule has 0 bridgehead atoms. The Bertz CT molecular complexity index is 810. The predicted octanol–water partition coefficient (Wildman–Crippen LogP) is 0.836. The number of carbonyl (C=O) groups is 2. The highest BCUT2D eigenvalue weighted by Gasteiger charge is 2.27. The molecule has 8 nitrogen and oxygen atoms in total. The number of amides is 2. The fraction of sp³-hybridized carbons (Fsp3) is 0.438. The molecule has 1 aliphatic heterocycles. The van der Waals surface area contributed by atoms with Crippen molar-refractivity contribution in [2.45, 2.75) is 19.4 Å². The van der Waals surface area contributed by atoms with Crippen molar-refractivity contribution in [1.29, 1.82) is 0 Å². The second-order valence-electron chi connectivity index (χ2n) is 5.95. The smallest absolute Gasteiger partial charge is 0.326 e. The van der Waals surface area contributed by atoms with E-state index in [1.165, 1.54) is 4.90 Å². The number of urea groups is 1. The molecule has 24 heavy (non-hydrogen) atoms. The van der Waals surface area contributed by atoms with Crippen LogP contribution in [0.1, 0.15) is 12.8 Å². The number of benzene rings is 1. The highest BCUT2D eigenvalue weighted by molar-refractivity contribution is 5.77. The summed E-state index contributed by atoms with van der Waals surface area (Å²) in [5.41, 5.74) is 1.34. The molecule has 2 heterocycles. The van der Waals surface area contributed by atoms with Crippen LogP contribution in [0.15, 0.2) is 29.1 Å². The first-order valence-corrected chi connectivity index (χ1v) is 7.99. The number of nitrogens with one attached hydrogen (secondary N) is 2. The van der Waals surface area contributed by atoms with E-state index in [9.17, 15) is 14.4 Å². The number of fused-ring (bicyclic) bond motifs is 1. The number of imidazole rings is 1. The number of carboxylic acid groups (broad SMARTS) is 1. The average Bonchev–Trinajstić information content (AvgIpc) is 2.90. The average molecular weight is 332 g/mol. The van der Waals surface area contributed by atoms with Gasteiger partial charge in [-0.25, -0.2) is 9.59 Å². The van der Waals surface area contributed by atoms with Crippen LogP contribution in [0.3, 0.4) is 0 Å². The summed E-state index contributed by atoms with van der Waals surface area (Å²) in [7, 11) is 0. The molecule has 0 spiro atoms. The number of aliphatic carboxylic acids is 1. The SMILES string of the molecule is O=C(O)C1CCCN(C(=O)NCCn2c(=O)[nH]c3ccccc32)C1. The molecule has 8 heteroatoms. The van der Waals surface area contributed by atoms with Crippen molar-refractivity contribution in [3.63, 3.8) is 0 Å². The van der Waals surface area contributed by atoms with Crippen molar-refractivity contribution in [3.05, 3.63) is 34.7 Å². The van der Waals surface area contributed by atoms with Crippen molar-refractivity contribution in [2.75, 3.05) is 19.6 Å². The molecule has 0 radical (unpaired) electrons. The first-order valence-electron chi connectivity index (χ1n) is 7.99.